The average molecular weight is 409 g/mol. The van der Waals surface area contributed by atoms with E-state index in [1.807, 2.05) is 0 Å². The van der Waals surface area contributed by atoms with Crippen LogP contribution in [-0.2, 0) is 4.74 Å². The van der Waals surface area contributed by atoms with E-state index in [1.165, 1.54) is 7.11 Å². The fourth-order valence-corrected chi connectivity index (χ4v) is 3.23. The number of para-hydroxylation sites is 2. The summed E-state index contributed by atoms with van der Waals surface area (Å²) in [6.07, 6.45) is 0. The summed E-state index contributed by atoms with van der Waals surface area (Å²) < 4.78 is 21.4. The number of benzene rings is 2. The maximum atomic E-state index is 12.7. The third-order valence-electron chi connectivity index (χ3n) is 4.54. The van der Waals surface area contributed by atoms with E-state index in [-0.39, 0.29) is 24.8 Å². The van der Waals surface area contributed by atoms with Crippen LogP contribution >= 0.6 is 0 Å². The maximum absolute atomic E-state index is 12.7. The van der Waals surface area contributed by atoms with Crippen LogP contribution in [0.2, 0.25) is 0 Å². The van der Waals surface area contributed by atoms with Crippen LogP contribution < -0.4 is 24.8 Å². The molecule has 0 aliphatic carbocycles. The first-order valence-corrected chi connectivity index (χ1v) is 9.17. The zero-order chi connectivity index (χ0) is 21.3. The number of fused-ring (bicyclic) bond motifs is 2. The molecule has 154 valence electrons. The molecule has 0 spiro atoms. The Morgan fingerprint density at radius 1 is 1.17 bits per heavy atom. The number of nitrogens with zero attached hydrogens (tertiary/aromatic N) is 2. The fraction of sp³-hybridized carbons (Fsp3) is 0.190. The molecule has 1 aromatic heterocycles. The van der Waals surface area contributed by atoms with Gasteiger partial charge in [0.2, 0.25) is 6.79 Å². The summed E-state index contributed by atoms with van der Waals surface area (Å²) in [4.78, 5) is 30.9. The predicted molar refractivity (Wildman–Crippen MR) is 109 cm³/mol. The number of nitrogens with two attached hydrogens (primary N) is 1. The molecule has 30 heavy (non-hydrogen) atoms. The van der Waals surface area contributed by atoms with E-state index >= 15 is 0 Å². The first kappa shape index (κ1) is 19.3. The van der Waals surface area contributed by atoms with Gasteiger partial charge in [-0.05, 0) is 31.2 Å². The average Bonchev–Trinajstić information content (AvgIpc) is 3.19. The molecular formula is C21H19N3O6. The van der Waals surface area contributed by atoms with Crippen molar-refractivity contribution in [3.63, 3.8) is 0 Å². The quantitative estimate of drug-likeness (QED) is 0.643. The lowest BCUT2D eigenvalue weighted by atomic mass is 10.1. The number of aromatic nitrogens is 1. The summed E-state index contributed by atoms with van der Waals surface area (Å²) in [5.74, 6) is 0.840. The second-order valence-electron chi connectivity index (χ2n) is 6.32. The SMILES string of the molecule is CCOC(=O)c1cc2cc3c(cc2nc1N(C(N)=O)c1ccccc1OC)OCO3. The number of rotatable bonds is 5. The molecule has 9 nitrogen and oxygen atoms in total. The molecule has 2 amide bonds. The first-order chi connectivity index (χ1) is 14.5. The van der Waals surface area contributed by atoms with E-state index in [9.17, 15) is 9.59 Å². The molecule has 0 radical (unpaired) electrons. The highest BCUT2D eigenvalue weighted by atomic mass is 16.7. The van der Waals surface area contributed by atoms with Crippen LogP contribution in [0.15, 0.2) is 42.5 Å². The van der Waals surface area contributed by atoms with Gasteiger partial charge in [-0.25, -0.2) is 19.5 Å². The smallest absolute Gasteiger partial charge is 0.341 e. The number of hydrogen-bond acceptors (Lipinski definition) is 7. The van der Waals surface area contributed by atoms with Gasteiger partial charge in [-0.2, -0.15) is 0 Å². The summed E-state index contributed by atoms with van der Waals surface area (Å²) in [5, 5.41) is 0.621. The van der Waals surface area contributed by atoms with Crippen molar-refractivity contribution in [1.29, 1.82) is 0 Å². The van der Waals surface area contributed by atoms with Crippen LogP contribution in [0.4, 0.5) is 16.3 Å². The molecule has 2 heterocycles. The maximum Gasteiger partial charge on any atom is 0.341 e. The number of primary amides is 1. The highest BCUT2D eigenvalue weighted by Gasteiger charge is 2.28. The molecule has 9 heteroatoms. The van der Waals surface area contributed by atoms with E-state index in [2.05, 4.69) is 4.98 Å². The second kappa shape index (κ2) is 7.78. The van der Waals surface area contributed by atoms with Crippen molar-refractivity contribution < 1.29 is 28.5 Å². The van der Waals surface area contributed by atoms with Gasteiger partial charge in [-0.15, -0.1) is 0 Å². The summed E-state index contributed by atoms with van der Waals surface area (Å²) in [5.41, 5.74) is 6.60. The summed E-state index contributed by atoms with van der Waals surface area (Å²) in [6, 6.07) is 10.9. The Bertz CT molecular complexity index is 1150. The van der Waals surface area contributed by atoms with Gasteiger partial charge < -0.3 is 24.7 Å². The Hall–Kier alpha value is -4.01. The van der Waals surface area contributed by atoms with Gasteiger partial charge in [-0.1, -0.05) is 12.1 Å². The highest BCUT2D eigenvalue weighted by molar-refractivity contribution is 6.07. The molecule has 1 aliphatic heterocycles. The van der Waals surface area contributed by atoms with Gasteiger partial charge in [0, 0.05) is 11.5 Å². The monoisotopic (exact) mass is 409 g/mol. The topological polar surface area (TPSA) is 113 Å². The van der Waals surface area contributed by atoms with Crippen molar-refractivity contribution in [3.8, 4) is 17.2 Å². The van der Waals surface area contributed by atoms with Crippen LogP contribution in [0, 0.1) is 0 Å². The molecule has 0 unspecified atom stereocenters. The lowest BCUT2D eigenvalue weighted by molar-refractivity contribution is 0.0527. The van der Waals surface area contributed by atoms with E-state index in [4.69, 9.17) is 24.7 Å². The molecule has 2 N–H and O–H groups in total. The highest BCUT2D eigenvalue weighted by Crippen LogP contribution is 2.39. The summed E-state index contributed by atoms with van der Waals surface area (Å²) >= 11 is 0. The number of hydrogen-bond donors (Lipinski definition) is 1. The minimum absolute atomic E-state index is 0.0248. The van der Waals surface area contributed by atoms with E-state index in [1.54, 1.807) is 49.4 Å². The van der Waals surface area contributed by atoms with Crippen molar-refractivity contribution in [2.45, 2.75) is 6.92 Å². The molecule has 3 aromatic rings. The van der Waals surface area contributed by atoms with Crippen molar-refractivity contribution >= 4 is 34.4 Å². The first-order valence-electron chi connectivity index (χ1n) is 9.17. The van der Waals surface area contributed by atoms with Gasteiger partial charge in [0.15, 0.2) is 17.3 Å². The number of carbonyl (C=O) groups is 2. The van der Waals surface area contributed by atoms with E-state index < -0.39 is 12.0 Å². The number of esters is 1. The van der Waals surface area contributed by atoms with Gasteiger partial charge in [0.05, 0.1) is 24.9 Å². The zero-order valence-electron chi connectivity index (χ0n) is 16.4. The predicted octanol–water partition coefficient (Wildman–Crippen LogP) is 3.37. The minimum Gasteiger partial charge on any atom is -0.495 e. The molecule has 1 aliphatic rings. The lowest BCUT2D eigenvalue weighted by Crippen LogP contribution is -2.34. The van der Waals surface area contributed by atoms with Crippen LogP contribution in [0.3, 0.4) is 0 Å². The Kier molecular flexibility index (Phi) is 5.01. The number of pyridine rings is 1. The number of methoxy groups -OCH3 is 1. The third kappa shape index (κ3) is 3.30. The van der Waals surface area contributed by atoms with Crippen LogP contribution in [0.5, 0.6) is 17.2 Å². The standard InChI is InChI=1S/C21H19N3O6/c1-3-28-20(25)13-8-12-9-17-18(30-11-29-17)10-14(12)23-19(13)24(21(22)26)15-6-4-5-7-16(15)27-2/h4-10H,3,11H2,1-2H3,(H2,22,26). The van der Waals surface area contributed by atoms with Gasteiger partial charge in [0.25, 0.3) is 0 Å². The van der Waals surface area contributed by atoms with Crippen molar-refractivity contribution in [2.24, 2.45) is 5.73 Å². The van der Waals surface area contributed by atoms with E-state index in [0.717, 1.165) is 4.90 Å². The minimum atomic E-state index is -0.836. The number of anilines is 2. The molecular weight excluding hydrogens is 390 g/mol. The van der Waals surface area contributed by atoms with Crippen molar-refractivity contribution in [3.05, 3.63) is 48.0 Å². The normalized spacial score (nSPS) is 11.9. The molecule has 0 saturated carbocycles. The number of urea groups is 1. The van der Waals surface area contributed by atoms with Gasteiger partial charge in [-0.3, -0.25) is 0 Å². The van der Waals surface area contributed by atoms with E-state index in [0.29, 0.717) is 33.8 Å². The van der Waals surface area contributed by atoms with Crippen LogP contribution in [0.1, 0.15) is 17.3 Å². The Morgan fingerprint density at radius 3 is 2.60 bits per heavy atom. The molecule has 4 rings (SSSR count). The molecule has 0 fully saturated rings. The van der Waals surface area contributed by atoms with Crippen LogP contribution in [0.25, 0.3) is 10.9 Å². The van der Waals surface area contributed by atoms with Gasteiger partial charge in [0.1, 0.15) is 11.3 Å². The van der Waals surface area contributed by atoms with Crippen molar-refractivity contribution in [1.82, 2.24) is 4.98 Å². The Morgan fingerprint density at radius 2 is 1.90 bits per heavy atom. The summed E-state index contributed by atoms with van der Waals surface area (Å²) in [6.45, 7) is 1.94. The zero-order valence-corrected chi connectivity index (χ0v) is 16.4. The molecule has 0 bridgehead atoms. The Labute approximate surface area is 171 Å². The van der Waals surface area contributed by atoms with Gasteiger partial charge >= 0.3 is 12.0 Å². The third-order valence-corrected chi connectivity index (χ3v) is 4.54. The number of carbonyl (C=O) groups excluding carboxylic acids is 2. The fourth-order valence-electron chi connectivity index (χ4n) is 3.23. The molecule has 0 atom stereocenters. The number of amides is 2. The van der Waals surface area contributed by atoms with Crippen molar-refractivity contribution in [2.75, 3.05) is 25.4 Å². The lowest BCUT2D eigenvalue weighted by Gasteiger charge is -2.24. The molecule has 0 saturated heterocycles. The second-order valence-corrected chi connectivity index (χ2v) is 6.32. The number of ether oxygens (including phenoxy) is 4. The molecule has 2 aromatic carbocycles. The Balaban J connectivity index is 1.98. The van der Waals surface area contributed by atoms with Crippen LogP contribution in [-0.4, -0.2) is 37.5 Å². The largest absolute Gasteiger partial charge is 0.495 e. The summed E-state index contributed by atoms with van der Waals surface area (Å²) in [7, 11) is 1.47.